The van der Waals surface area contributed by atoms with E-state index < -0.39 is 36.8 Å². The third-order valence-electron chi connectivity index (χ3n) is 3.80. The highest BCUT2D eigenvalue weighted by atomic mass is 28.4. The molecule has 7 heteroatoms. The predicted molar refractivity (Wildman–Crippen MR) is 102 cm³/mol. The average molecular weight is 367 g/mol. The van der Waals surface area contributed by atoms with Crippen LogP contribution in [0.2, 0.25) is 51.9 Å². The minimum atomic E-state index is -1.82. The number of ether oxygens (including phenoxy) is 1. The number of hydrogen-bond donors (Lipinski definition) is 2. The molecule has 0 spiro atoms. The third-order valence-corrected chi connectivity index (χ3v) is 12.0. The zero-order valence-electron chi connectivity index (χ0n) is 15.9. The van der Waals surface area contributed by atoms with Crippen molar-refractivity contribution in [1.29, 1.82) is 0 Å². The monoisotopic (exact) mass is 366 g/mol. The normalized spacial score (nSPS) is 18.8. The molecule has 0 rings (SSSR count). The first-order valence-corrected chi connectivity index (χ1v) is 17.8. The topological polar surface area (TPSA) is 58.9 Å². The third kappa shape index (κ3) is 7.85. The largest absolute Gasteiger partial charge is 0.456 e. The molecule has 0 aliphatic rings. The Morgan fingerprint density at radius 2 is 1.68 bits per heavy atom. The molecule has 0 amide bonds. The quantitative estimate of drug-likeness (QED) is 0.552. The first kappa shape index (κ1) is 22.5. The van der Waals surface area contributed by atoms with Crippen molar-refractivity contribution < 1.29 is 19.1 Å². The van der Waals surface area contributed by atoms with Crippen LogP contribution >= 0.6 is 0 Å². The molecule has 0 aromatic carbocycles. The second-order valence-electron chi connectivity index (χ2n) is 8.43. The fraction of sp³-hybridized carbons (Fsp3) is 1.00. The van der Waals surface area contributed by atoms with E-state index in [1.54, 1.807) is 0 Å². The lowest BCUT2D eigenvalue weighted by Crippen LogP contribution is -2.61. The summed E-state index contributed by atoms with van der Waals surface area (Å²) in [6.07, 6.45) is 0.844. The highest BCUT2D eigenvalue weighted by Crippen LogP contribution is 2.32. The van der Waals surface area contributed by atoms with Gasteiger partial charge >= 0.3 is 0 Å². The Morgan fingerprint density at radius 3 is 2.05 bits per heavy atom. The summed E-state index contributed by atoms with van der Waals surface area (Å²) in [5, 5.41) is 19.5. The Balaban J connectivity index is 5.43. The van der Waals surface area contributed by atoms with Gasteiger partial charge in [0.25, 0.3) is 0 Å². The van der Waals surface area contributed by atoms with Crippen molar-refractivity contribution in [3.05, 3.63) is 0 Å². The van der Waals surface area contributed by atoms with Crippen LogP contribution in [-0.2, 0) is 8.85 Å². The van der Waals surface area contributed by atoms with Gasteiger partial charge in [-0.1, -0.05) is 32.6 Å². The van der Waals surface area contributed by atoms with E-state index in [-0.39, 0.29) is 6.61 Å². The van der Waals surface area contributed by atoms with Gasteiger partial charge in [-0.05, 0) is 39.0 Å². The molecule has 0 bridgehead atoms. The Morgan fingerprint density at radius 1 is 1.14 bits per heavy atom. The van der Waals surface area contributed by atoms with Crippen molar-refractivity contribution >= 4 is 25.4 Å². The molecule has 22 heavy (non-hydrogen) atoms. The molecule has 0 aliphatic heterocycles. The Kier molecular flexibility index (Phi) is 9.30. The van der Waals surface area contributed by atoms with Gasteiger partial charge in [-0.15, -0.1) is 0 Å². The smallest absolute Gasteiger partial charge is 0.196 e. The fourth-order valence-corrected chi connectivity index (χ4v) is 10.6. The summed E-state index contributed by atoms with van der Waals surface area (Å²) in [7, 11) is -4.79. The molecule has 3 unspecified atom stereocenters. The highest BCUT2D eigenvalue weighted by molar-refractivity contribution is 6.78. The lowest BCUT2D eigenvalue weighted by Gasteiger charge is -2.44. The zero-order chi connectivity index (χ0) is 17.6. The van der Waals surface area contributed by atoms with Gasteiger partial charge in [0.2, 0.25) is 0 Å². The van der Waals surface area contributed by atoms with Crippen LogP contribution in [0.3, 0.4) is 0 Å². The molecule has 0 saturated carbocycles. The average Bonchev–Trinajstić information content (AvgIpc) is 2.35. The Bertz CT molecular complexity index is 315. The van der Waals surface area contributed by atoms with Crippen LogP contribution in [0.5, 0.6) is 0 Å². The molecule has 0 aliphatic carbocycles. The van der Waals surface area contributed by atoms with Crippen molar-refractivity contribution in [2.45, 2.75) is 83.0 Å². The van der Waals surface area contributed by atoms with E-state index in [4.69, 9.17) is 8.85 Å². The maximum absolute atomic E-state index is 10.6. The molecular weight excluding hydrogens is 328 g/mol. The maximum Gasteiger partial charge on any atom is 0.196 e. The van der Waals surface area contributed by atoms with Gasteiger partial charge < -0.3 is 19.1 Å². The summed E-state index contributed by atoms with van der Waals surface area (Å²) < 4.78 is 12.6. The van der Waals surface area contributed by atoms with E-state index in [0.717, 1.165) is 18.9 Å². The van der Waals surface area contributed by atoms with Crippen molar-refractivity contribution in [3.63, 3.8) is 0 Å². The first-order valence-electron chi connectivity index (χ1n) is 8.48. The lowest BCUT2D eigenvalue weighted by atomic mass is 10.1. The highest BCUT2D eigenvalue weighted by Gasteiger charge is 2.47. The van der Waals surface area contributed by atoms with Crippen LogP contribution in [0, 0.1) is 0 Å². The van der Waals surface area contributed by atoms with Crippen molar-refractivity contribution in [1.82, 2.24) is 0 Å². The summed E-state index contributed by atoms with van der Waals surface area (Å²) in [4.78, 5) is 0. The molecule has 0 radical (unpaired) electrons. The van der Waals surface area contributed by atoms with Crippen LogP contribution < -0.4 is 0 Å². The van der Waals surface area contributed by atoms with Gasteiger partial charge in [0.05, 0.1) is 6.61 Å². The standard InChI is InChI=1S/C15H38O4Si3/c1-9-11-18-15(14(17)13-16,10-12-21(3,4)5)20(2)19-22(6,7)8/h14,16-17,20H,9-13H2,1-8H3. The van der Waals surface area contributed by atoms with E-state index >= 15 is 0 Å². The zero-order valence-corrected chi connectivity index (χ0v) is 19.1. The predicted octanol–water partition coefficient (Wildman–Crippen LogP) is 2.98. The summed E-state index contributed by atoms with van der Waals surface area (Å²) in [6.45, 7) is 18.0. The molecule has 134 valence electrons. The number of hydrogen-bond acceptors (Lipinski definition) is 4. The van der Waals surface area contributed by atoms with Gasteiger partial charge in [-0.2, -0.15) is 0 Å². The molecular formula is C15H38O4Si3. The second-order valence-corrected chi connectivity index (χ2v) is 21.5. The molecule has 0 aromatic rings. The first-order chi connectivity index (χ1) is 9.88. The minimum absolute atomic E-state index is 0.262. The van der Waals surface area contributed by atoms with Crippen LogP contribution in [-0.4, -0.2) is 60.2 Å². The molecule has 0 aromatic heterocycles. The van der Waals surface area contributed by atoms with E-state index in [1.165, 1.54) is 0 Å². The number of aliphatic hydroxyl groups is 2. The summed E-state index contributed by atoms with van der Waals surface area (Å²) in [5.74, 6) is 0. The van der Waals surface area contributed by atoms with E-state index in [9.17, 15) is 10.2 Å². The molecule has 4 nitrogen and oxygen atoms in total. The Labute approximate surface area is 141 Å². The van der Waals surface area contributed by atoms with Crippen molar-refractivity contribution in [3.8, 4) is 0 Å². The van der Waals surface area contributed by atoms with Crippen LogP contribution in [0.15, 0.2) is 0 Å². The van der Waals surface area contributed by atoms with Gasteiger partial charge in [0.1, 0.15) is 11.3 Å². The van der Waals surface area contributed by atoms with E-state index in [1.807, 2.05) is 0 Å². The molecule has 0 saturated heterocycles. The minimum Gasteiger partial charge on any atom is -0.456 e. The van der Waals surface area contributed by atoms with E-state index in [0.29, 0.717) is 6.61 Å². The number of rotatable bonds is 11. The fourth-order valence-electron chi connectivity index (χ4n) is 2.57. The Hall–Kier alpha value is 0.491. The van der Waals surface area contributed by atoms with Crippen LogP contribution in [0.25, 0.3) is 0 Å². The summed E-state index contributed by atoms with van der Waals surface area (Å²) in [6, 6.07) is 1.07. The van der Waals surface area contributed by atoms with Gasteiger partial charge in [0.15, 0.2) is 17.4 Å². The molecule has 0 fully saturated rings. The van der Waals surface area contributed by atoms with Crippen molar-refractivity contribution in [2.75, 3.05) is 13.2 Å². The second kappa shape index (κ2) is 9.10. The van der Waals surface area contributed by atoms with Gasteiger partial charge in [-0.25, -0.2) is 0 Å². The van der Waals surface area contributed by atoms with Crippen molar-refractivity contribution in [2.24, 2.45) is 0 Å². The summed E-state index contributed by atoms with van der Waals surface area (Å²) in [5.41, 5.74) is 0. The van der Waals surface area contributed by atoms with Gasteiger partial charge in [-0.3, -0.25) is 0 Å². The SMILES string of the molecule is CCCOC(CC[Si](C)(C)C)(C(O)CO)[SiH](C)O[Si](C)(C)C. The maximum atomic E-state index is 10.6. The summed E-state index contributed by atoms with van der Waals surface area (Å²) >= 11 is 0. The van der Waals surface area contributed by atoms with Gasteiger partial charge in [0, 0.05) is 14.7 Å². The lowest BCUT2D eigenvalue weighted by molar-refractivity contribution is -0.0972. The molecule has 3 atom stereocenters. The van der Waals surface area contributed by atoms with E-state index in [2.05, 4.69) is 52.8 Å². The molecule has 0 heterocycles. The van der Waals surface area contributed by atoms with Crippen LogP contribution in [0.1, 0.15) is 19.8 Å². The molecule has 2 N–H and O–H groups in total. The number of aliphatic hydroxyl groups excluding tert-OH is 2. The van der Waals surface area contributed by atoms with Crippen LogP contribution in [0.4, 0.5) is 0 Å².